The molecule has 0 spiro atoms. The van der Waals surface area contributed by atoms with Crippen LogP contribution < -0.4 is 5.32 Å². The third-order valence-electron chi connectivity index (χ3n) is 2.30. The van der Waals surface area contributed by atoms with Gasteiger partial charge in [-0.15, -0.1) is 10.2 Å². The molecule has 7 nitrogen and oxygen atoms in total. The molecule has 1 amide bonds. The molecule has 0 saturated heterocycles. The van der Waals surface area contributed by atoms with Crippen molar-refractivity contribution in [3.8, 4) is 0 Å². The van der Waals surface area contributed by atoms with Crippen molar-refractivity contribution in [2.45, 2.75) is 6.92 Å². The van der Waals surface area contributed by atoms with Crippen molar-refractivity contribution in [1.82, 2.24) is 10.2 Å². The molecule has 0 bridgehead atoms. The third kappa shape index (κ3) is 3.45. The summed E-state index contributed by atoms with van der Waals surface area (Å²) in [7, 11) is 0. The molecule has 0 atom stereocenters. The van der Waals surface area contributed by atoms with Crippen LogP contribution >= 0.6 is 11.3 Å². The van der Waals surface area contributed by atoms with E-state index < -0.39 is 10.8 Å². The smallest absolute Gasteiger partial charge is 0.276 e. The summed E-state index contributed by atoms with van der Waals surface area (Å²) in [5, 5.41) is 22.0. The normalized spacial score (nSPS) is 10.7. The van der Waals surface area contributed by atoms with Crippen LogP contribution in [0, 0.1) is 17.0 Å². The van der Waals surface area contributed by atoms with Crippen molar-refractivity contribution in [2.24, 2.45) is 0 Å². The van der Waals surface area contributed by atoms with Crippen LogP contribution in [0.15, 0.2) is 30.3 Å². The lowest BCUT2D eigenvalue weighted by atomic mass is 10.1. The molecular weight excluding hydrogens is 280 g/mol. The van der Waals surface area contributed by atoms with Crippen LogP contribution in [0.3, 0.4) is 0 Å². The second kappa shape index (κ2) is 6.02. The topological polar surface area (TPSA) is 98.0 Å². The van der Waals surface area contributed by atoms with Crippen LogP contribution in [0.1, 0.15) is 10.6 Å². The molecule has 8 heteroatoms. The van der Waals surface area contributed by atoms with Gasteiger partial charge < -0.3 is 0 Å². The maximum atomic E-state index is 11.6. The number of hydrogen-bond acceptors (Lipinski definition) is 6. The molecule has 2 rings (SSSR count). The summed E-state index contributed by atoms with van der Waals surface area (Å²) in [6.45, 7) is 1.77. The summed E-state index contributed by atoms with van der Waals surface area (Å²) in [4.78, 5) is 22.0. The molecule has 0 fully saturated rings. The molecule has 1 aromatic heterocycles. The van der Waals surface area contributed by atoms with Gasteiger partial charge in [0, 0.05) is 12.1 Å². The molecule has 1 heterocycles. The highest BCUT2D eigenvalue weighted by Gasteiger charge is 2.10. The number of para-hydroxylation sites is 1. The molecule has 20 heavy (non-hydrogen) atoms. The molecule has 0 saturated carbocycles. The predicted octanol–water partition coefficient (Wildman–Crippen LogP) is 2.41. The lowest BCUT2D eigenvalue weighted by Gasteiger charge is -1.97. The standard InChI is InChI=1S/C12H10N4O3S/c1-8-14-15-12(20-8)13-11(17)7-6-9-4-2-3-5-10(9)16(18)19/h2-7H,1H3,(H,13,15,17)/b7-6+. The maximum absolute atomic E-state index is 11.6. The van der Waals surface area contributed by atoms with Crippen molar-refractivity contribution in [1.29, 1.82) is 0 Å². The number of nitro groups is 1. The number of carbonyl (C=O) groups is 1. The van der Waals surface area contributed by atoms with Gasteiger partial charge in [-0.3, -0.25) is 20.2 Å². The summed E-state index contributed by atoms with van der Waals surface area (Å²) < 4.78 is 0. The van der Waals surface area contributed by atoms with E-state index in [1.54, 1.807) is 25.1 Å². The van der Waals surface area contributed by atoms with Crippen LogP contribution in [-0.2, 0) is 4.79 Å². The number of amides is 1. The van der Waals surface area contributed by atoms with Crippen LogP contribution in [0.2, 0.25) is 0 Å². The van der Waals surface area contributed by atoms with E-state index in [9.17, 15) is 14.9 Å². The van der Waals surface area contributed by atoms with E-state index in [-0.39, 0.29) is 5.69 Å². The lowest BCUT2D eigenvalue weighted by molar-refractivity contribution is -0.385. The Morgan fingerprint density at radius 3 is 2.80 bits per heavy atom. The van der Waals surface area contributed by atoms with Gasteiger partial charge in [-0.2, -0.15) is 0 Å². The van der Waals surface area contributed by atoms with E-state index in [2.05, 4.69) is 15.5 Å². The number of nitrogens with one attached hydrogen (secondary N) is 1. The first-order valence-electron chi connectivity index (χ1n) is 5.59. The predicted molar refractivity (Wildman–Crippen MR) is 75.4 cm³/mol. The lowest BCUT2D eigenvalue weighted by Crippen LogP contribution is -2.07. The number of benzene rings is 1. The molecular formula is C12H10N4O3S. The molecule has 102 valence electrons. The van der Waals surface area contributed by atoms with E-state index in [0.29, 0.717) is 10.7 Å². The summed E-state index contributed by atoms with van der Waals surface area (Å²) >= 11 is 1.25. The van der Waals surface area contributed by atoms with E-state index in [0.717, 1.165) is 5.01 Å². The van der Waals surface area contributed by atoms with Crippen LogP contribution in [0.5, 0.6) is 0 Å². The van der Waals surface area contributed by atoms with E-state index >= 15 is 0 Å². The van der Waals surface area contributed by atoms with Crippen LogP contribution in [-0.4, -0.2) is 21.0 Å². The van der Waals surface area contributed by atoms with Gasteiger partial charge >= 0.3 is 0 Å². The molecule has 2 aromatic rings. The highest BCUT2D eigenvalue weighted by molar-refractivity contribution is 7.15. The number of anilines is 1. The fourth-order valence-electron chi connectivity index (χ4n) is 1.45. The Labute approximate surface area is 118 Å². The Morgan fingerprint density at radius 2 is 2.15 bits per heavy atom. The van der Waals surface area contributed by atoms with Crippen molar-refractivity contribution in [2.75, 3.05) is 5.32 Å². The van der Waals surface area contributed by atoms with E-state index in [4.69, 9.17) is 0 Å². The minimum absolute atomic E-state index is 0.0525. The largest absolute Gasteiger partial charge is 0.297 e. The van der Waals surface area contributed by atoms with Gasteiger partial charge in [0.15, 0.2) is 0 Å². The third-order valence-corrected chi connectivity index (χ3v) is 3.06. The van der Waals surface area contributed by atoms with Gasteiger partial charge in [-0.25, -0.2) is 0 Å². The maximum Gasteiger partial charge on any atom is 0.276 e. The first-order chi connectivity index (χ1) is 9.56. The summed E-state index contributed by atoms with van der Waals surface area (Å²) in [5.41, 5.74) is 0.310. The number of carbonyl (C=O) groups excluding carboxylic acids is 1. The van der Waals surface area contributed by atoms with E-state index in [1.165, 1.54) is 29.6 Å². The van der Waals surface area contributed by atoms with Crippen molar-refractivity contribution in [3.63, 3.8) is 0 Å². The average molecular weight is 290 g/mol. The fraction of sp³-hybridized carbons (Fsp3) is 0.0833. The second-order valence-corrected chi connectivity index (χ2v) is 4.95. The van der Waals surface area contributed by atoms with Crippen LogP contribution in [0.25, 0.3) is 6.08 Å². The molecule has 1 N–H and O–H groups in total. The van der Waals surface area contributed by atoms with Crippen molar-refractivity contribution >= 4 is 34.1 Å². The number of nitrogens with zero attached hydrogens (tertiary/aromatic N) is 3. The van der Waals surface area contributed by atoms with Gasteiger partial charge in [-0.1, -0.05) is 23.5 Å². The Bertz CT molecular complexity index is 681. The molecule has 0 aliphatic carbocycles. The van der Waals surface area contributed by atoms with Gasteiger partial charge in [-0.05, 0) is 19.1 Å². The van der Waals surface area contributed by atoms with Gasteiger partial charge in [0.2, 0.25) is 11.0 Å². The number of rotatable bonds is 4. The molecule has 0 aliphatic heterocycles. The van der Waals surface area contributed by atoms with Gasteiger partial charge in [0.05, 0.1) is 10.5 Å². The van der Waals surface area contributed by atoms with Gasteiger partial charge in [0.25, 0.3) is 5.69 Å². The fourth-order valence-corrected chi connectivity index (χ4v) is 2.05. The molecule has 0 radical (unpaired) electrons. The Morgan fingerprint density at radius 1 is 1.40 bits per heavy atom. The average Bonchev–Trinajstić information content (AvgIpc) is 2.82. The zero-order valence-electron chi connectivity index (χ0n) is 10.4. The molecule has 0 aliphatic rings. The highest BCUT2D eigenvalue weighted by Crippen LogP contribution is 2.19. The van der Waals surface area contributed by atoms with Gasteiger partial charge in [0.1, 0.15) is 5.01 Å². The number of nitro benzene ring substituents is 1. The highest BCUT2D eigenvalue weighted by atomic mass is 32.1. The van der Waals surface area contributed by atoms with Crippen molar-refractivity contribution in [3.05, 3.63) is 51.0 Å². The van der Waals surface area contributed by atoms with Crippen LogP contribution in [0.4, 0.5) is 10.8 Å². The van der Waals surface area contributed by atoms with E-state index in [1.807, 2.05) is 0 Å². The summed E-state index contributed by atoms with van der Waals surface area (Å²) in [5.74, 6) is -0.417. The first kappa shape index (κ1) is 13.8. The Kier molecular flexibility index (Phi) is 4.16. The summed E-state index contributed by atoms with van der Waals surface area (Å²) in [6, 6.07) is 6.18. The summed E-state index contributed by atoms with van der Waals surface area (Å²) in [6.07, 6.45) is 2.61. The monoisotopic (exact) mass is 290 g/mol. The second-order valence-electron chi connectivity index (χ2n) is 3.76. The van der Waals surface area contributed by atoms with Crippen molar-refractivity contribution < 1.29 is 9.72 Å². The Hall–Kier alpha value is -2.61. The first-order valence-corrected chi connectivity index (χ1v) is 6.40. The SMILES string of the molecule is Cc1nnc(NC(=O)/C=C/c2ccccc2[N+](=O)[O-])s1. The number of hydrogen-bond donors (Lipinski definition) is 1. The quantitative estimate of drug-likeness (QED) is 0.529. The molecule has 0 unspecified atom stereocenters. The Balaban J connectivity index is 2.09. The number of aromatic nitrogens is 2. The minimum atomic E-state index is -0.494. The zero-order chi connectivity index (χ0) is 14.5. The zero-order valence-corrected chi connectivity index (χ0v) is 11.3. The molecule has 1 aromatic carbocycles. The minimum Gasteiger partial charge on any atom is -0.297 e. The number of aryl methyl sites for hydroxylation is 1.